The Bertz CT molecular complexity index is 2140. The second-order valence-electron chi connectivity index (χ2n) is 9.95. The van der Waals surface area contributed by atoms with E-state index < -0.39 is 58.4 Å². The SMILES string of the molecule is C=C(NCCCCCCN=[N+]=[N-])c1ccc(-c2c3ccc(=N)c(S(=O)(=O)O)c-3oc3c(S(=O)(=O)O)c(N)ccc23)c(C(=O)O)c1. The predicted octanol–water partition coefficient (Wildman–Crippen LogP) is 4.89. The Hall–Kier alpha value is -4.93. The summed E-state index contributed by atoms with van der Waals surface area (Å²) >= 11 is 0. The molecule has 0 bridgehead atoms. The zero-order valence-corrected chi connectivity index (χ0v) is 25.2. The Balaban J connectivity index is 1.89. The van der Waals surface area contributed by atoms with Crippen molar-refractivity contribution in [1.29, 1.82) is 5.41 Å². The van der Waals surface area contributed by atoms with E-state index in [4.69, 9.17) is 21.1 Å². The van der Waals surface area contributed by atoms with E-state index in [1.807, 2.05) is 0 Å². The smallest absolute Gasteiger partial charge is 0.336 e. The summed E-state index contributed by atoms with van der Waals surface area (Å²) in [5, 5.41) is 24.2. The fourth-order valence-electron chi connectivity index (χ4n) is 4.97. The third-order valence-corrected chi connectivity index (χ3v) is 8.83. The van der Waals surface area contributed by atoms with Crippen LogP contribution in [0.3, 0.4) is 0 Å². The van der Waals surface area contributed by atoms with Crippen molar-refractivity contribution in [2.45, 2.75) is 35.5 Å². The first-order valence-electron chi connectivity index (χ1n) is 13.3. The number of hydrogen-bond donors (Lipinski definition) is 6. The number of nitrogens with zero attached hydrogens (tertiary/aromatic N) is 3. The maximum Gasteiger partial charge on any atom is 0.336 e. The van der Waals surface area contributed by atoms with Gasteiger partial charge in [-0.25, -0.2) is 4.79 Å². The van der Waals surface area contributed by atoms with Crippen LogP contribution in [0.1, 0.15) is 41.6 Å². The van der Waals surface area contributed by atoms with Crippen molar-refractivity contribution >= 4 is 48.6 Å². The van der Waals surface area contributed by atoms with E-state index in [0.717, 1.165) is 37.8 Å². The maximum atomic E-state index is 12.6. The number of nitrogens with two attached hydrogens (primary N) is 1. The zero-order valence-electron chi connectivity index (χ0n) is 23.5. The lowest BCUT2D eigenvalue weighted by atomic mass is 9.89. The molecule has 0 saturated carbocycles. The summed E-state index contributed by atoms with van der Waals surface area (Å²) in [6.07, 6.45) is 3.26. The molecular weight excluding hydrogens is 628 g/mol. The number of carbonyl (C=O) groups is 1. The highest BCUT2D eigenvalue weighted by Crippen LogP contribution is 2.45. The second kappa shape index (κ2) is 13.0. The van der Waals surface area contributed by atoms with Gasteiger partial charge in [-0.15, -0.1) is 0 Å². The zero-order chi connectivity index (χ0) is 33.1. The first kappa shape index (κ1) is 33.0. The summed E-state index contributed by atoms with van der Waals surface area (Å²) in [5.74, 6) is -2.05. The van der Waals surface area contributed by atoms with Gasteiger partial charge in [0, 0.05) is 40.2 Å². The minimum Gasteiger partial charge on any atom is -0.478 e. The van der Waals surface area contributed by atoms with E-state index in [1.165, 1.54) is 24.3 Å². The van der Waals surface area contributed by atoms with Gasteiger partial charge >= 0.3 is 5.97 Å². The lowest BCUT2D eigenvalue weighted by Crippen LogP contribution is -2.17. The van der Waals surface area contributed by atoms with Gasteiger partial charge in [0.2, 0.25) is 0 Å². The van der Waals surface area contributed by atoms with Crippen LogP contribution in [0.4, 0.5) is 5.69 Å². The van der Waals surface area contributed by atoms with Gasteiger partial charge in [-0.2, -0.15) is 16.8 Å². The highest BCUT2D eigenvalue weighted by molar-refractivity contribution is 7.86. The van der Waals surface area contributed by atoms with Gasteiger partial charge in [0.25, 0.3) is 20.2 Å². The third-order valence-electron chi connectivity index (χ3n) is 6.97. The standard InChI is InChI=1S/C28H28N6O9S2/c1-15(32-12-4-2-3-5-13-33-34-31)16-6-7-17(20(14-16)28(35)36)23-18-8-10-21(29)26(44(37,38)39)24(18)43-25-19(23)9-11-22(30)27(25)45(40,41)42/h6-11,14,29,32H,1-5,12-13,30H2,(H,35,36)(H,37,38,39)(H,40,41,42). The van der Waals surface area contributed by atoms with Crippen molar-refractivity contribution < 1.29 is 40.3 Å². The van der Waals surface area contributed by atoms with Gasteiger partial charge in [0.1, 0.15) is 0 Å². The summed E-state index contributed by atoms with van der Waals surface area (Å²) in [7, 11) is -10.2. The molecule has 0 fully saturated rings. The fourth-order valence-corrected chi connectivity index (χ4v) is 6.45. The van der Waals surface area contributed by atoms with Crippen LogP contribution in [0.25, 0.3) is 49.6 Å². The molecule has 2 aromatic carbocycles. The number of carboxylic acid groups (broad SMARTS) is 1. The van der Waals surface area contributed by atoms with Crippen molar-refractivity contribution in [3.63, 3.8) is 0 Å². The lowest BCUT2D eigenvalue weighted by Gasteiger charge is -2.20. The quantitative estimate of drug-likeness (QED) is 0.0214. The average molecular weight is 657 g/mol. The van der Waals surface area contributed by atoms with Crippen LogP contribution < -0.4 is 16.4 Å². The van der Waals surface area contributed by atoms with E-state index in [2.05, 4.69) is 21.9 Å². The normalized spacial score (nSPS) is 11.8. The maximum absolute atomic E-state index is 12.6. The van der Waals surface area contributed by atoms with Crippen LogP contribution in [0.15, 0.2) is 68.4 Å². The second-order valence-corrected chi connectivity index (χ2v) is 12.7. The number of nitrogens with one attached hydrogen (secondary N) is 2. The molecular formula is C28H28N6O9S2. The molecule has 0 amide bonds. The highest BCUT2D eigenvalue weighted by Gasteiger charge is 2.31. The molecule has 2 aromatic rings. The lowest BCUT2D eigenvalue weighted by molar-refractivity contribution is 0.0697. The minimum atomic E-state index is -5.13. The molecule has 0 unspecified atom stereocenters. The first-order valence-corrected chi connectivity index (χ1v) is 16.2. The number of benzene rings is 3. The average Bonchev–Trinajstić information content (AvgIpc) is 2.95. The molecule has 17 heteroatoms. The molecule has 0 saturated heterocycles. The number of fused-ring (bicyclic) bond motifs is 2. The molecule has 236 valence electrons. The summed E-state index contributed by atoms with van der Waals surface area (Å²) in [5.41, 5.74) is 13.5. The molecule has 1 aliphatic heterocycles. The predicted molar refractivity (Wildman–Crippen MR) is 165 cm³/mol. The van der Waals surface area contributed by atoms with E-state index in [-0.39, 0.29) is 27.6 Å². The van der Waals surface area contributed by atoms with E-state index in [9.17, 15) is 35.8 Å². The Labute approximate surface area is 257 Å². The van der Waals surface area contributed by atoms with Crippen LogP contribution >= 0.6 is 0 Å². The molecule has 2 aliphatic rings. The number of nitrogen functional groups attached to an aromatic ring is 1. The van der Waals surface area contributed by atoms with Crippen molar-refractivity contribution in [2.75, 3.05) is 18.8 Å². The first-order chi connectivity index (χ1) is 21.2. The van der Waals surface area contributed by atoms with Gasteiger partial charge in [-0.05, 0) is 59.8 Å². The number of azide groups is 1. The van der Waals surface area contributed by atoms with E-state index in [1.54, 1.807) is 6.07 Å². The monoisotopic (exact) mass is 656 g/mol. The summed E-state index contributed by atoms with van der Waals surface area (Å²) in [6, 6.07) is 9.08. The van der Waals surface area contributed by atoms with Crippen molar-refractivity contribution in [2.24, 2.45) is 5.11 Å². The van der Waals surface area contributed by atoms with Gasteiger partial charge in [-0.3, -0.25) is 14.5 Å². The highest BCUT2D eigenvalue weighted by atomic mass is 32.2. The van der Waals surface area contributed by atoms with Crippen LogP contribution in [0.2, 0.25) is 0 Å². The van der Waals surface area contributed by atoms with Crippen LogP contribution in [0, 0.1) is 5.41 Å². The molecule has 0 atom stereocenters. The molecule has 45 heavy (non-hydrogen) atoms. The molecule has 0 spiro atoms. The summed E-state index contributed by atoms with van der Waals surface area (Å²) in [4.78, 5) is 13.4. The van der Waals surface area contributed by atoms with Crippen molar-refractivity contribution in [3.8, 4) is 22.5 Å². The Morgan fingerprint density at radius 1 is 1.00 bits per heavy atom. The molecule has 7 N–H and O–H groups in total. The molecule has 1 heterocycles. The van der Waals surface area contributed by atoms with Crippen LogP contribution in [-0.2, 0) is 20.2 Å². The largest absolute Gasteiger partial charge is 0.478 e. The van der Waals surface area contributed by atoms with Gasteiger partial charge in [-0.1, -0.05) is 36.7 Å². The Kier molecular flexibility index (Phi) is 9.50. The number of rotatable bonds is 13. The van der Waals surface area contributed by atoms with Gasteiger partial charge in [0.05, 0.1) is 16.6 Å². The topological polar surface area (TPSA) is 270 Å². The molecule has 0 aromatic heterocycles. The Morgan fingerprint density at radius 3 is 2.31 bits per heavy atom. The van der Waals surface area contributed by atoms with Crippen LogP contribution in [0.5, 0.6) is 0 Å². The number of unbranched alkanes of at least 4 members (excludes halogenated alkanes) is 3. The van der Waals surface area contributed by atoms with Gasteiger partial charge < -0.3 is 20.6 Å². The minimum absolute atomic E-state index is 0.00467. The van der Waals surface area contributed by atoms with Crippen LogP contribution in [-0.4, -0.2) is 50.1 Å². The van der Waals surface area contributed by atoms with E-state index in [0.29, 0.717) is 24.4 Å². The number of carboxylic acids is 1. The molecule has 0 radical (unpaired) electrons. The number of aromatic carboxylic acids is 1. The Morgan fingerprint density at radius 2 is 1.67 bits per heavy atom. The van der Waals surface area contributed by atoms with Crippen molar-refractivity contribution in [1.82, 2.24) is 5.32 Å². The number of hydrogen-bond acceptors (Lipinski definition) is 10. The molecule has 1 aliphatic carbocycles. The number of anilines is 1. The molecule has 15 nitrogen and oxygen atoms in total. The van der Waals surface area contributed by atoms with Crippen molar-refractivity contribution in [3.05, 3.63) is 76.0 Å². The summed E-state index contributed by atoms with van der Waals surface area (Å²) in [6.45, 7) is 4.94. The fraction of sp³-hybridized carbons (Fsp3) is 0.214. The molecule has 4 rings (SSSR count). The van der Waals surface area contributed by atoms with E-state index >= 15 is 0 Å². The summed E-state index contributed by atoms with van der Waals surface area (Å²) < 4.78 is 75.0. The third kappa shape index (κ3) is 6.92. The van der Waals surface area contributed by atoms with Gasteiger partial charge in [0.15, 0.2) is 21.1 Å².